The topological polar surface area (TPSA) is 75.4 Å². The first-order chi connectivity index (χ1) is 9.94. The average molecular weight is 289 g/mol. The number of hydrogen-bond donors (Lipinski definition) is 2. The summed E-state index contributed by atoms with van der Waals surface area (Å²) in [6, 6.07) is 6.98. The number of nitrogens with zero attached hydrogens (tertiary/aromatic N) is 1. The molecule has 1 fully saturated rings. The average Bonchev–Trinajstić information content (AvgIpc) is 3.01. The molecule has 0 spiro atoms. The van der Waals surface area contributed by atoms with Crippen molar-refractivity contribution in [2.45, 2.75) is 38.6 Å². The lowest BCUT2D eigenvalue weighted by molar-refractivity contribution is -0.120. The summed E-state index contributed by atoms with van der Waals surface area (Å²) in [5.41, 5.74) is 6.32. The number of carbonyl (C=O) groups excluding carboxylic acids is 2. The highest BCUT2D eigenvalue weighted by Crippen LogP contribution is 2.16. The van der Waals surface area contributed by atoms with Crippen LogP contribution in [-0.2, 0) is 4.79 Å². The van der Waals surface area contributed by atoms with Crippen LogP contribution < -0.4 is 11.1 Å². The monoisotopic (exact) mass is 289 g/mol. The fraction of sp³-hybridized carbons (Fsp3) is 0.500. The Morgan fingerprint density at radius 1 is 1.24 bits per heavy atom. The Bertz CT molecular complexity index is 517. The molecule has 3 N–H and O–H groups in total. The van der Waals surface area contributed by atoms with E-state index < -0.39 is 5.54 Å². The maximum Gasteiger partial charge on any atom is 0.253 e. The molecule has 2 amide bonds. The second-order valence-corrected chi connectivity index (χ2v) is 5.80. The molecule has 0 aromatic heterocycles. The summed E-state index contributed by atoms with van der Waals surface area (Å²) >= 11 is 0. The molecule has 5 heteroatoms. The van der Waals surface area contributed by atoms with Crippen LogP contribution in [0.3, 0.4) is 0 Å². The lowest BCUT2D eigenvalue weighted by Crippen LogP contribution is -2.47. The maximum absolute atomic E-state index is 12.2. The predicted octanol–water partition coefficient (Wildman–Crippen LogP) is 1.99. The van der Waals surface area contributed by atoms with Gasteiger partial charge in [0.05, 0.1) is 5.54 Å². The van der Waals surface area contributed by atoms with E-state index in [1.165, 1.54) is 0 Å². The summed E-state index contributed by atoms with van der Waals surface area (Å²) in [6.07, 6.45) is 2.71. The van der Waals surface area contributed by atoms with Crippen LogP contribution in [0.15, 0.2) is 24.3 Å². The molecule has 1 aliphatic rings. The molecule has 21 heavy (non-hydrogen) atoms. The molecule has 1 unspecified atom stereocenters. The number of anilines is 1. The van der Waals surface area contributed by atoms with Gasteiger partial charge in [-0.1, -0.05) is 6.92 Å². The van der Waals surface area contributed by atoms with E-state index in [2.05, 4.69) is 5.32 Å². The van der Waals surface area contributed by atoms with Gasteiger partial charge >= 0.3 is 0 Å². The van der Waals surface area contributed by atoms with Crippen LogP contribution >= 0.6 is 0 Å². The van der Waals surface area contributed by atoms with Crippen molar-refractivity contribution in [3.63, 3.8) is 0 Å². The number of nitrogens with two attached hydrogens (primary N) is 1. The molecular formula is C16H23N3O2. The van der Waals surface area contributed by atoms with Gasteiger partial charge < -0.3 is 16.0 Å². The standard InChI is InChI=1S/C16H23N3O2/c1-3-16(2,17)15(21)18-13-8-6-12(7-9-13)14(20)19-10-4-5-11-19/h6-9H,3-5,10-11,17H2,1-2H3,(H,18,21). The number of likely N-dealkylation sites (tertiary alicyclic amines) is 1. The minimum atomic E-state index is -0.885. The molecule has 1 heterocycles. The normalized spacial score (nSPS) is 17.4. The van der Waals surface area contributed by atoms with Crippen molar-refractivity contribution in [2.75, 3.05) is 18.4 Å². The van der Waals surface area contributed by atoms with Crippen molar-refractivity contribution >= 4 is 17.5 Å². The van der Waals surface area contributed by atoms with Gasteiger partial charge in [0.15, 0.2) is 0 Å². The van der Waals surface area contributed by atoms with Crippen LogP contribution in [0.1, 0.15) is 43.5 Å². The Labute approximate surface area is 125 Å². The van der Waals surface area contributed by atoms with E-state index in [0.29, 0.717) is 17.7 Å². The van der Waals surface area contributed by atoms with Crippen LogP contribution in [-0.4, -0.2) is 35.3 Å². The summed E-state index contributed by atoms with van der Waals surface area (Å²) in [6.45, 7) is 5.24. The van der Waals surface area contributed by atoms with E-state index in [4.69, 9.17) is 5.73 Å². The van der Waals surface area contributed by atoms with E-state index in [1.54, 1.807) is 31.2 Å². The van der Waals surface area contributed by atoms with Gasteiger partial charge in [-0.3, -0.25) is 9.59 Å². The smallest absolute Gasteiger partial charge is 0.253 e. The summed E-state index contributed by atoms with van der Waals surface area (Å²) in [5, 5.41) is 2.78. The highest BCUT2D eigenvalue weighted by atomic mass is 16.2. The molecule has 1 aliphatic heterocycles. The third-order valence-corrected chi connectivity index (χ3v) is 4.04. The molecule has 1 atom stereocenters. The Hall–Kier alpha value is -1.88. The van der Waals surface area contributed by atoms with Gasteiger partial charge in [-0.05, 0) is 50.5 Å². The first-order valence-electron chi connectivity index (χ1n) is 7.44. The van der Waals surface area contributed by atoms with Gasteiger partial charge in [0.2, 0.25) is 5.91 Å². The fourth-order valence-corrected chi connectivity index (χ4v) is 2.23. The Morgan fingerprint density at radius 3 is 2.33 bits per heavy atom. The summed E-state index contributed by atoms with van der Waals surface area (Å²) in [5.74, 6) is -0.161. The second-order valence-electron chi connectivity index (χ2n) is 5.80. The van der Waals surface area contributed by atoms with Crippen molar-refractivity contribution < 1.29 is 9.59 Å². The van der Waals surface area contributed by atoms with E-state index in [0.717, 1.165) is 25.9 Å². The van der Waals surface area contributed by atoms with Gasteiger partial charge in [0.1, 0.15) is 0 Å². The minimum absolute atomic E-state index is 0.0580. The van der Waals surface area contributed by atoms with Crippen LogP contribution in [0, 0.1) is 0 Å². The highest BCUT2D eigenvalue weighted by molar-refractivity contribution is 5.98. The lowest BCUT2D eigenvalue weighted by atomic mass is 9.99. The molecule has 0 radical (unpaired) electrons. The Balaban J connectivity index is 2.02. The van der Waals surface area contributed by atoms with Gasteiger partial charge in [-0.25, -0.2) is 0 Å². The minimum Gasteiger partial charge on any atom is -0.339 e. The molecule has 114 valence electrons. The number of nitrogens with one attached hydrogen (secondary N) is 1. The third kappa shape index (κ3) is 3.61. The van der Waals surface area contributed by atoms with Crippen LogP contribution in [0.5, 0.6) is 0 Å². The largest absolute Gasteiger partial charge is 0.339 e. The number of benzene rings is 1. The third-order valence-electron chi connectivity index (χ3n) is 4.04. The molecule has 0 bridgehead atoms. The van der Waals surface area contributed by atoms with E-state index in [-0.39, 0.29) is 11.8 Å². The molecule has 1 saturated heterocycles. The molecule has 1 aromatic carbocycles. The maximum atomic E-state index is 12.2. The van der Waals surface area contributed by atoms with Gasteiger partial charge in [-0.2, -0.15) is 0 Å². The summed E-state index contributed by atoms with van der Waals surface area (Å²) in [4.78, 5) is 26.0. The first kappa shape index (κ1) is 15.5. The van der Waals surface area contributed by atoms with Crippen LogP contribution in [0.4, 0.5) is 5.69 Å². The zero-order valence-corrected chi connectivity index (χ0v) is 12.7. The van der Waals surface area contributed by atoms with Crippen molar-refractivity contribution in [2.24, 2.45) is 5.73 Å². The molecular weight excluding hydrogens is 266 g/mol. The zero-order chi connectivity index (χ0) is 15.5. The highest BCUT2D eigenvalue weighted by Gasteiger charge is 2.26. The van der Waals surface area contributed by atoms with Crippen molar-refractivity contribution in [1.82, 2.24) is 4.90 Å². The van der Waals surface area contributed by atoms with Crippen molar-refractivity contribution in [3.05, 3.63) is 29.8 Å². The summed E-state index contributed by atoms with van der Waals surface area (Å²) in [7, 11) is 0. The SMILES string of the molecule is CCC(C)(N)C(=O)Nc1ccc(C(=O)N2CCCC2)cc1. The van der Waals surface area contributed by atoms with Gasteiger partial charge in [0, 0.05) is 24.3 Å². The van der Waals surface area contributed by atoms with Crippen LogP contribution in [0.2, 0.25) is 0 Å². The van der Waals surface area contributed by atoms with E-state index >= 15 is 0 Å². The molecule has 0 aliphatic carbocycles. The fourth-order valence-electron chi connectivity index (χ4n) is 2.23. The lowest BCUT2D eigenvalue weighted by Gasteiger charge is -2.21. The molecule has 0 saturated carbocycles. The zero-order valence-electron chi connectivity index (χ0n) is 12.7. The van der Waals surface area contributed by atoms with E-state index in [9.17, 15) is 9.59 Å². The quantitative estimate of drug-likeness (QED) is 0.890. The molecule has 5 nitrogen and oxygen atoms in total. The van der Waals surface area contributed by atoms with Gasteiger partial charge in [-0.15, -0.1) is 0 Å². The number of rotatable bonds is 4. The Morgan fingerprint density at radius 2 is 1.81 bits per heavy atom. The van der Waals surface area contributed by atoms with Crippen molar-refractivity contribution in [1.29, 1.82) is 0 Å². The Kier molecular flexibility index (Phi) is 4.63. The predicted molar refractivity (Wildman–Crippen MR) is 83.1 cm³/mol. The molecule has 2 rings (SSSR count). The van der Waals surface area contributed by atoms with Crippen LogP contribution in [0.25, 0.3) is 0 Å². The number of hydrogen-bond acceptors (Lipinski definition) is 3. The number of amides is 2. The number of carbonyl (C=O) groups is 2. The second kappa shape index (κ2) is 6.26. The van der Waals surface area contributed by atoms with Gasteiger partial charge in [0.25, 0.3) is 5.91 Å². The molecule has 1 aromatic rings. The first-order valence-corrected chi connectivity index (χ1v) is 7.44. The van der Waals surface area contributed by atoms with Crippen molar-refractivity contribution in [3.8, 4) is 0 Å². The van der Waals surface area contributed by atoms with E-state index in [1.807, 2.05) is 11.8 Å². The summed E-state index contributed by atoms with van der Waals surface area (Å²) < 4.78 is 0.